The Morgan fingerprint density at radius 2 is 1.27 bits per heavy atom. The lowest BCUT2D eigenvalue weighted by molar-refractivity contribution is 0.976. The maximum atomic E-state index is 4.47. The van der Waals surface area contributed by atoms with Crippen molar-refractivity contribution in [1.29, 1.82) is 0 Å². The summed E-state index contributed by atoms with van der Waals surface area (Å²) in [7, 11) is 0. The molecule has 1 heteroatoms. The van der Waals surface area contributed by atoms with Crippen LogP contribution in [-0.2, 0) is 0 Å². The summed E-state index contributed by atoms with van der Waals surface area (Å²) in [5.41, 5.74) is 5.61. The van der Waals surface area contributed by atoms with Gasteiger partial charge in [0.15, 0.2) is 0 Å². The van der Waals surface area contributed by atoms with Crippen LogP contribution in [-0.4, -0.2) is 5.75 Å². The summed E-state index contributed by atoms with van der Waals surface area (Å²) in [5.74, 6) is 1.36. The van der Waals surface area contributed by atoms with Crippen molar-refractivity contribution >= 4 is 12.6 Å². The van der Waals surface area contributed by atoms with Gasteiger partial charge < -0.3 is 0 Å². The molecule has 0 aliphatic heterocycles. The van der Waals surface area contributed by atoms with E-state index in [0.717, 1.165) is 5.75 Å². The molecule has 0 radical (unpaired) electrons. The number of hydrogen-bond acceptors (Lipinski definition) is 1. The molecule has 0 bridgehead atoms. The molecule has 2 aromatic carbocycles. The van der Waals surface area contributed by atoms with E-state index in [1.165, 1.54) is 22.3 Å². The van der Waals surface area contributed by atoms with E-state index in [4.69, 9.17) is 0 Å². The lowest BCUT2D eigenvalue weighted by Crippen LogP contribution is -1.97. The van der Waals surface area contributed by atoms with Crippen molar-refractivity contribution in [3.63, 3.8) is 0 Å². The first-order chi connectivity index (χ1) is 7.42. The molecule has 0 N–H and O–H groups in total. The Kier molecular flexibility index (Phi) is 2.06. The highest BCUT2D eigenvalue weighted by Crippen LogP contribution is 2.44. The Labute approximate surface area is 95.4 Å². The monoisotopic (exact) mass is 212 g/mol. The van der Waals surface area contributed by atoms with Crippen LogP contribution in [0.15, 0.2) is 48.5 Å². The SMILES string of the molecule is SCC1c2ccccc2-c2ccccc21. The standard InChI is InChI=1S/C14H12S/c15-9-14-12-7-3-1-5-10(12)11-6-2-4-8-13(11)14/h1-8,14-15H,9H2. The van der Waals surface area contributed by atoms with Crippen LogP contribution in [0.2, 0.25) is 0 Å². The summed E-state index contributed by atoms with van der Waals surface area (Å²) in [5, 5.41) is 0. The minimum atomic E-state index is 0.473. The van der Waals surface area contributed by atoms with Gasteiger partial charge in [-0.2, -0.15) is 12.6 Å². The molecule has 3 rings (SSSR count). The molecule has 0 fully saturated rings. The van der Waals surface area contributed by atoms with E-state index >= 15 is 0 Å². The Morgan fingerprint density at radius 1 is 0.800 bits per heavy atom. The molecular formula is C14H12S. The summed E-state index contributed by atoms with van der Waals surface area (Å²) < 4.78 is 0. The highest BCUT2D eigenvalue weighted by Gasteiger charge is 2.26. The predicted octanol–water partition coefficient (Wildman–Crippen LogP) is 3.73. The first kappa shape index (κ1) is 9.05. The molecule has 1 aliphatic rings. The Hall–Kier alpha value is -1.21. The van der Waals surface area contributed by atoms with Crippen molar-refractivity contribution in [1.82, 2.24) is 0 Å². The van der Waals surface area contributed by atoms with Crippen LogP contribution in [0.5, 0.6) is 0 Å². The highest BCUT2D eigenvalue weighted by molar-refractivity contribution is 7.80. The highest BCUT2D eigenvalue weighted by atomic mass is 32.1. The van der Waals surface area contributed by atoms with E-state index in [2.05, 4.69) is 61.2 Å². The normalized spacial score (nSPS) is 13.7. The molecule has 1 aliphatic carbocycles. The topological polar surface area (TPSA) is 0 Å². The van der Waals surface area contributed by atoms with Gasteiger partial charge in [0.25, 0.3) is 0 Å². The largest absolute Gasteiger partial charge is 0.178 e. The molecular weight excluding hydrogens is 200 g/mol. The van der Waals surface area contributed by atoms with Gasteiger partial charge in [-0.25, -0.2) is 0 Å². The van der Waals surface area contributed by atoms with Gasteiger partial charge in [0.1, 0.15) is 0 Å². The molecule has 2 aromatic rings. The molecule has 0 aromatic heterocycles. The summed E-state index contributed by atoms with van der Waals surface area (Å²) in [6, 6.07) is 17.3. The molecule has 0 atom stereocenters. The maximum absolute atomic E-state index is 4.47. The van der Waals surface area contributed by atoms with Gasteiger partial charge in [0.05, 0.1) is 0 Å². The second kappa shape index (κ2) is 3.42. The summed E-state index contributed by atoms with van der Waals surface area (Å²) >= 11 is 4.47. The number of benzene rings is 2. The Balaban J connectivity index is 2.31. The zero-order valence-electron chi connectivity index (χ0n) is 8.35. The van der Waals surface area contributed by atoms with Crippen molar-refractivity contribution in [3.05, 3.63) is 59.7 Å². The number of fused-ring (bicyclic) bond motifs is 3. The first-order valence-electron chi connectivity index (χ1n) is 5.21. The van der Waals surface area contributed by atoms with E-state index in [1.807, 2.05) is 0 Å². The fourth-order valence-corrected chi connectivity index (χ4v) is 2.85. The van der Waals surface area contributed by atoms with Gasteiger partial charge in [-0.05, 0) is 22.3 Å². The van der Waals surface area contributed by atoms with Crippen molar-refractivity contribution < 1.29 is 0 Å². The zero-order chi connectivity index (χ0) is 10.3. The van der Waals surface area contributed by atoms with Crippen molar-refractivity contribution in [3.8, 4) is 11.1 Å². The van der Waals surface area contributed by atoms with E-state index in [0.29, 0.717) is 5.92 Å². The number of hydrogen-bond donors (Lipinski definition) is 1. The van der Waals surface area contributed by atoms with Gasteiger partial charge in [0, 0.05) is 11.7 Å². The van der Waals surface area contributed by atoms with Crippen LogP contribution in [0.4, 0.5) is 0 Å². The summed E-state index contributed by atoms with van der Waals surface area (Å²) in [4.78, 5) is 0. The average Bonchev–Trinajstić information content (AvgIpc) is 2.63. The van der Waals surface area contributed by atoms with E-state index in [-0.39, 0.29) is 0 Å². The van der Waals surface area contributed by atoms with Crippen molar-refractivity contribution in [2.75, 3.05) is 5.75 Å². The van der Waals surface area contributed by atoms with Crippen LogP contribution < -0.4 is 0 Å². The molecule has 15 heavy (non-hydrogen) atoms. The second-order valence-corrected chi connectivity index (χ2v) is 4.27. The Morgan fingerprint density at radius 3 is 1.73 bits per heavy atom. The average molecular weight is 212 g/mol. The Bertz CT molecular complexity index is 457. The summed E-state index contributed by atoms with van der Waals surface area (Å²) in [6.07, 6.45) is 0. The molecule has 0 heterocycles. The van der Waals surface area contributed by atoms with Gasteiger partial charge in [0.2, 0.25) is 0 Å². The smallest absolute Gasteiger partial charge is 0.0190 e. The van der Waals surface area contributed by atoms with Crippen molar-refractivity contribution in [2.24, 2.45) is 0 Å². The van der Waals surface area contributed by atoms with Crippen LogP contribution in [0, 0.1) is 0 Å². The van der Waals surface area contributed by atoms with Gasteiger partial charge >= 0.3 is 0 Å². The fourth-order valence-electron chi connectivity index (χ4n) is 2.46. The minimum Gasteiger partial charge on any atom is -0.178 e. The molecule has 0 spiro atoms. The third-order valence-corrected chi connectivity index (χ3v) is 3.51. The van der Waals surface area contributed by atoms with E-state index < -0.39 is 0 Å². The van der Waals surface area contributed by atoms with Gasteiger partial charge in [-0.3, -0.25) is 0 Å². The molecule has 0 unspecified atom stereocenters. The molecule has 0 saturated heterocycles. The molecule has 0 amide bonds. The first-order valence-corrected chi connectivity index (χ1v) is 5.84. The van der Waals surface area contributed by atoms with E-state index in [9.17, 15) is 0 Å². The molecule has 0 nitrogen and oxygen atoms in total. The maximum Gasteiger partial charge on any atom is 0.0190 e. The number of rotatable bonds is 1. The van der Waals surface area contributed by atoms with Crippen LogP contribution >= 0.6 is 12.6 Å². The molecule has 0 saturated carbocycles. The van der Waals surface area contributed by atoms with Crippen LogP contribution in [0.3, 0.4) is 0 Å². The third kappa shape index (κ3) is 1.23. The quantitative estimate of drug-likeness (QED) is 0.684. The van der Waals surface area contributed by atoms with Gasteiger partial charge in [-0.1, -0.05) is 48.5 Å². The minimum absolute atomic E-state index is 0.473. The predicted molar refractivity (Wildman–Crippen MR) is 67.6 cm³/mol. The van der Waals surface area contributed by atoms with Crippen molar-refractivity contribution in [2.45, 2.75) is 5.92 Å². The lowest BCUT2D eigenvalue weighted by atomic mass is 9.99. The van der Waals surface area contributed by atoms with Gasteiger partial charge in [-0.15, -0.1) is 0 Å². The molecule has 74 valence electrons. The fraction of sp³-hybridized carbons (Fsp3) is 0.143. The van der Waals surface area contributed by atoms with Crippen LogP contribution in [0.25, 0.3) is 11.1 Å². The van der Waals surface area contributed by atoms with Crippen LogP contribution in [0.1, 0.15) is 17.0 Å². The zero-order valence-corrected chi connectivity index (χ0v) is 9.24. The lowest BCUT2D eigenvalue weighted by Gasteiger charge is -2.08. The van der Waals surface area contributed by atoms with E-state index in [1.54, 1.807) is 0 Å². The number of thiol groups is 1. The summed E-state index contributed by atoms with van der Waals surface area (Å²) in [6.45, 7) is 0. The second-order valence-electron chi connectivity index (χ2n) is 3.91. The third-order valence-electron chi connectivity index (χ3n) is 3.15.